The van der Waals surface area contributed by atoms with Crippen LogP contribution in [0.3, 0.4) is 0 Å². The third kappa shape index (κ3) is 3.03. The number of anilines is 2. The van der Waals surface area contributed by atoms with E-state index in [1.54, 1.807) is 24.3 Å². The van der Waals surface area contributed by atoms with Crippen molar-refractivity contribution in [2.24, 2.45) is 0 Å². The van der Waals surface area contributed by atoms with Crippen LogP contribution in [0.25, 0.3) is 0 Å². The second-order valence-electron chi connectivity index (χ2n) is 3.95. The van der Waals surface area contributed by atoms with Crippen molar-refractivity contribution in [1.29, 1.82) is 10.5 Å². The Balaban J connectivity index is 2.33. The molecule has 2 rings (SSSR count). The second-order valence-corrected chi connectivity index (χ2v) is 4.34. The fourth-order valence-corrected chi connectivity index (χ4v) is 1.85. The number of hydrogen-bond donors (Lipinski definition) is 1. The molecule has 0 saturated heterocycles. The van der Waals surface area contributed by atoms with Crippen molar-refractivity contribution in [3.63, 3.8) is 0 Å². The summed E-state index contributed by atoms with van der Waals surface area (Å²) in [5, 5.41) is 21.3. The average molecular weight is 284 g/mol. The van der Waals surface area contributed by atoms with Crippen molar-refractivity contribution in [2.45, 2.75) is 13.3 Å². The molecule has 1 heterocycles. The van der Waals surface area contributed by atoms with Crippen molar-refractivity contribution in [3.8, 4) is 12.1 Å². The van der Waals surface area contributed by atoms with E-state index in [0.717, 1.165) is 0 Å². The van der Waals surface area contributed by atoms with E-state index in [0.29, 0.717) is 40.0 Å². The Morgan fingerprint density at radius 1 is 1.15 bits per heavy atom. The molecule has 0 bridgehead atoms. The van der Waals surface area contributed by atoms with E-state index in [-0.39, 0.29) is 0 Å². The summed E-state index contributed by atoms with van der Waals surface area (Å²) in [6.07, 6.45) is 0.673. The monoisotopic (exact) mass is 283 g/mol. The molecule has 6 heteroatoms. The van der Waals surface area contributed by atoms with Gasteiger partial charge in [0.1, 0.15) is 28.9 Å². The molecular weight excluding hydrogens is 274 g/mol. The van der Waals surface area contributed by atoms with Gasteiger partial charge in [-0.05, 0) is 18.2 Å². The minimum atomic E-state index is 0.313. The van der Waals surface area contributed by atoms with Gasteiger partial charge in [-0.1, -0.05) is 18.5 Å². The van der Waals surface area contributed by atoms with Crippen LogP contribution in [0, 0.1) is 22.7 Å². The van der Waals surface area contributed by atoms with Crippen molar-refractivity contribution < 1.29 is 0 Å². The van der Waals surface area contributed by atoms with E-state index in [4.69, 9.17) is 22.1 Å². The lowest BCUT2D eigenvalue weighted by atomic mass is 10.1. The number of nitriles is 2. The Labute approximate surface area is 121 Å². The predicted octanol–water partition coefficient (Wildman–Crippen LogP) is 3.18. The summed E-state index contributed by atoms with van der Waals surface area (Å²) in [7, 11) is 0. The summed E-state index contributed by atoms with van der Waals surface area (Å²) in [5.74, 6) is 1.18. The molecule has 0 radical (unpaired) electrons. The molecule has 1 N–H and O–H groups in total. The van der Waals surface area contributed by atoms with E-state index < -0.39 is 0 Å². The fraction of sp³-hybridized carbons (Fsp3) is 0.143. The maximum absolute atomic E-state index is 8.99. The van der Waals surface area contributed by atoms with E-state index in [1.165, 1.54) is 0 Å². The maximum Gasteiger partial charge on any atom is 0.135 e. The van der Waals surface area contributed by atoms with Gasteiger partial charge in [0.2, 0.25) is 0 Å². The molecular formula is C14H10ClN5. The third-order valence-electron chi connectivity index (χ3n) is 2.59. The molecule has 98 valence electrons. The fourth-order valence-electron chi connectivity index (χ4n) is 1.65. The van der Waals surface area contributed by atoms with E-state index in [2.05, 4.69) is 15.3 Å². The van der Waals surface area contributed by atoms with Crippen LogP contribution in [0.2, 0.25) is 5.15 Å². The summed E-state index contributed by atoms with van der Waals surface area (Å²) in [5.41, 5.74) is 1.32. The van der Waals surface area contributed by atoms with Gasteiger partial charge in [-0.2, -0.15) is 10.5 Å². The number of nitrogens with one attached hydrogen (secondary N) is 1. The van der Waals surface area contributed by atoms with Crippen LogP contribution >= 0.6 is 11.6 Å². The van der Waals surface area contributed by atoms with Gasteiger partial charge in [0, 0.05) is 18.2 Å². The van der Waals surface area contributed by atoms with Gasteiger partial charge in [0.05, 0.1) is 11.1 Å². The quantitative estimate of drug-likeness (QED) is 0.874. The Hall–Kier alpha value is -2.63. The van der Waals surface area contributed by atoms with Crippen LogP contribution in [0.15, 0.2) is 24.3 Å². The molecule has 20 heavy (non-hydrogen) atoms. The lowest BCUT2D eigenvalue weighted by molar-refractivity contribution is 0.943. The maximum atomic E-state index is 8.99. The second kappa shape index (κ2) is 6.01. The molecule has 0 aliphatic heterocycles. The summed E-state index contributed by atoms with van der Waals surface area (Å²) >= 11 is 5.91. The number of aromatic nitrogens is 2. The van der Waals surface area contributed by atoms with Crippen LogP contribution in [0.1, 0.15) is 23.9 Å². The zero-order chi connectivity index (χ0) is 14.5. The number of hydrogen-bond acceptors (Lipinski definition) is 5. The highest BCUT2D eigenvalue weighted by Crippen LogP contribution is 2.20. The van der Waals surface area contributed by atoms with Crippen molar-refractivity contribution in [2.75, 3.05) is 5.32 Å². The number of nitrogens with zero attached hydrogens (tertiary/aromatic N) is 4. The normalized spacial score (nSPS) is 9.60. The third-order valence-corrected chi connectivity index (χ3v) is 2.78. The van der Waals surface area contributed by atoms with Gasteiger partial charge < -0.3 is 5.32 Å². The topological polar surface area (TPSA) is 85.4 Å². The first kappa shape index (κ1) is 13.8. The highest BCUT2D eigenvalue weighted by Gasteiger charge is 2.05. The lowest BCUT2D eigenvalue weighted by Crippen LogP contribution is -2.00. The molecule has 1 aromatic heterocycles. The molecule has 0 aliphatic rings. The highest BCUT2D eigenvalue weighted by molar-refractivity contribution is 6.29. The van der Waals surface area contributed by atoms with Crippen LogP contribution in [0.4, 0.5) is 11.5 Å². The van der Waals surface area contributed by atoms with Gasteiger partial charge in [-0.15, -0.1) is 0 Å². The van der Waals surface area contributed by atoms with Gasteiger partial charge in [-0.3, -0.25) is 0 Å². The number of benzene rings is 1. The van der Waals surface area contributed by atoms with Crippen LogP contribution in [-0.2, 0) is 6.42 Å². The molecule has 0 aliphatic carbocycles. The number of halogens is 1. The van der Waals surface area contributed by atoms with Crippen LogP contribution < -0.4 is 5.32 Å². The number of aryl methyl sites for hydroxylation is 1. The smallest absolute Gasteiger partial charge is 0.135 e. The summed E-state index contributed by atoms with van der Waals surface area (Å²) in [6, 6.07) is 10.4. The predicted molar refractivity (Wildman–Crippen MR) is 75.6 cm³/mol. The van der Waals surface area contributed by atoms with E-state index in [9.17, 15) is 0 Å². The SMILES string of the molecule is CCc1nc(Cl)cc(Nc2ccc(C#N)c(C#N)c2)n1. The van der Waals surface area contributed by atoms with Crippen molar-refractivity contribution >= 4 is 23.1 Å². The first-order chi connectivity index (χ1) is 9.66. The Morgan fingerprint density at radius 3 is 2.55 bits per heavy atom. The average Bonchev–Trinajstić information content (AvgIpc) is 2.46. The summed E-state index contributed by atoms with van der Waals surface area (Å²) in [4.78, 5) is 8.36. The highest BCUT2D eigenvalue weighted by atomic mass is 35.5. The zero-order valence-corrected chi connectivity index (χ0v) is 11.4. The van der Waals surface area contributed by atoms with Crippen LogP contribution in [-0.4, -0.2) is 9.97 Å². The summed E-state index contributed by atoms with van der Waals surface area (Å²) in [6.45, 7) is 1.94. The molecule has 1 aromatic carbocycles. The van der Waals surface area contributed by atoms with Gasteiger partial charge in [0.25, 0.3) is 0 Å². The minimum absolute atomic E-state index is 0.313. The van der Waals surface area contributed by atoms with Gasteiger partial charge in [0.15, 0.2) is 0 Å². The standard InChI is InChI=1S/C14H10ClN5/c1-2-13-19-12(15)6-14(20-13)18-11-4-3-9(7-16)10(5-11)8-17/h3-6H,2H2,1H3,(H,18,19,20). The molecule has 0 spiro atoms. The molecule has 2 aromatic rings. The summed E-state index contributed by atoms with van der Waals surface area (Å²) < 4.78 is 0. The Kier molecular flexibility index (Phi) is 4.14. The lowest BCUT2D eigenvalue weighted by Gasteiger charge is -2.08. The zero-order valence-electron chi connectivity index (χ0n) is 10.7. The number of rotatable bonds is 3. The van der Waals surface area contributed by atoms with Gasteiger partial charge in [-0.25, -0.2) is 9.97 Å². The largest absolute Gasteiger partial charge is 0.340 e. The van der Waals surface area contributed by atoms with Crippen LogP contribution in [0.5, 0.6) is 0 Å². The minimum Gasteiger partial charge on any atom is -0.340 e. The Morgan fingerprint density at radius 2 is 1.90 bits per heavy atom. The molecule has 0 fully saturated rings. The molecule has 0 saturated carbocycles. The first-order valence-electron chi connectivity index (χ1n) is 5.91. The first-order valence-corrected chi connectivity index (χ1v) is 6.28. The molecule has 0 unspecified atom stereocenters. The van der Waals surface area contributed by atoms with Crippen molar-refractivity contribution in [1.82, 2.24) is 9.97 Å². The Bertz CT molecular complexity index is 727. The molecule has 5 nitrogen and oxygen atoms in total. The molecule has 0 amide bonds. The molecule has 0 atom stereocenters. The van der Waals surface area contributed by atoms with Gasteiger partial charge >= 0.3 is 0 Å². The van der Waals surface area contributed by atoms with E-state index >= 15 is 0 Å². The van der Waals surface area contributed by atoms with E-state index in [1.807, 2.05) is 19.1 Å². The van der Waals surface area contributed by atoms with Crippen molar-refractivity contribution in [3.05, 3.63) is 46.4 Å².